The number of carbonyl (C=O) groups excluding carboxylic acids is 2. The summed E-state index contributed by atoms with van der Waals surface area (Å²) in [5.41, 5.74) is 7.10. The molecular weight excluding hydrogens is 306 g/mol. The number of aryl methyl sites for hydroxylation is 1. The van der Waals surface area contributed by atoms with Crippen molar-refractivity contribution in [3.63, 3.8) is 0 Å². The number of anilines is 2. The molecule has 0 saturated heterocycles. The number of nitrogens with one attached hydrogen (secondary N) is 1. The number of nitrogens with zero attached hydrogens (tertiary/aromatic N) is 1. The summed E-state index contributed by atoms with van der Waals surface area (Å²) >= 11 is 5.84. The lowest BCUT2D eigenvalue weighted by atomic mass is 10.2. The van der Waals surface area contributed by atoms with E-state index in [1.165, 1.54) is 12.3 Å². The van der Waals surface area contributed by atoms with Crippen molar-refractivity contribution in [1.29, 1.82) is 0 Å². The summed E-state index contributed by atoms with van der Waals surface area (Å²) in [5.74, 6) is -1.10. The number of hydrogen-bond donors (Lipinski definition) is 2. The van der Waals surface area contributed by atoms with Crippen LogP contribution in [0.3, 0.4) is 0 Å². The van der Waals surface area contributed by atoms with Gasteiger partial charge < -0.3 is 15.8 Å². The zero-order valence-corrected chi connectivity index (χ0v) is 12.6. The number of pyridine rings is 1. The first-order valence-corrected chi connectivity index (χ1v) is 6.79. The Bertz CT molecular complexity index is 719. The fourth-order valence-corrected chi connectivity index (χ4v) is 1.98. The summed E-state index contributed by atoms with van der Waals surface area (Å²) < 4.78 is 4.91. The zero-order chi connectivity index (χ0) is 16.1. The first-order chi connectivity index (χ1) is 10.5. The van der Waals surface area contributed by atoms with Gasteiger partial charge in [-0.15, -0.1) is 0 Å². The van der Waals surface area contributed by atoms with Gasteiger partial charge in [-0.1, -0.05) is 11.6 Å². The van der Waals surface area contributed by atoms with E-state index >= 15 is 0 Å². The van der Waals surface area contributed by atoms with Crippen LogP contribution in [0, 0.1) is 6.92 Å². The van der Waals surface area contributed by atoms with E-state index < -0.39 is 18.5 Å². The number of hydrogen-bond acceptors (Lipinski definition) is 5. The van der Waals surface area contributed by atoms with E-state index in [1.807, 2.05) is 6.92 Å². The molecule has 1 heterocycles. The van der Waals surface area contributed by atoms with Crippen molar-refractivity contribution in [2.75, 3.05) is 17.7 Å². The number of aromatic nitrogens is 1. The Hall–Kier alpha value is -2.60. The van der Waals surface area contributed by atoms with Gasteiger partial charge in [-0.05, 0) is 42.8 Å². The van der Waals surface area contributed by atoms with Crippen LogP contribution in [-0.4, -0.2) is 23.5 Å². The monoisotopic (exact) mass is 319 g/mol. The number of halogens is 1. The van der Waals surface area contributed by atoms with Crippen LogP contribution in [0.25, 0.3) is 0 Å². The SMILES string of the molecule is Cc1cc(Cl)ccc1NC(=O)COC(=O)c1cccnc1N. The minimum Gasteiger partial charge on any atom is -0.452 e. The maximum absolute atomic E-state index is 11.8. The molecular formula is C15H14ClN3O3. The Labute approximate surface area is 132 Å². The van der Waals surface area contributed by atoms with Crippen LogP contribution >= 0.6 is 11.6 Å². The fourth-order valence-electron chi connectivity index (χ4n) is 1.75. The third-order valence-corrected chi connectivity index (χ3v) is 3.09. The Morgan fingerprint density at radius 3 is 2.82 bits per heavy atom. The quantitative estimate of drug-likeness (QED) is 0.844. The zero-order valence-electron chi connectivity index (χ0n) is 11.8. The van der Waals surface area contributed by atoms with Crippen LogP contribution in [0.5, 0.6) is 0 Å². The molecule has 1 aromatic heterocycles. The molecule has 6 nitrogen and oxygen atoms in total. The van der Waals surface area contributed by atoms with Gasteiger partial charge in [0.2, 0.25) is 0 Å². The average Bonchev–Trinajstić information content (AvgIpc) is 2.48. The summed E-state index contributed by atoms with van der Waals surface area (Å²) in [4.78, 5) is 27.4. The molecule has 0 bridgehead atoms. The van der Waals surface area contributed by atoms with Crippen molar-refractivity contribution in [3.8, 4) is 0 Å². The number of rotatable bonds is 4. The summed E-state index contributed by atoms with van der Waals surface area (Å²) in [6.07, 6.45) is 1.46. The summed E-state index contributed by atoms with van der Waals surface area (Å²) in [6, 6.07) is 8.10. The van der Waals surface area contributed by atoms with Crippen LogP contribution < -0.4 is 11.1 Å². The highest BCUT2D eigenvalue weighted by Gasteiger charge is 2.14. The van der Waals surface area contributed by atoms with Crippen molar-refractivity contribution in [1.82, 2.24) is 4.98 Å². The largest absolute Gasteiger partial charge is 0.452 e. The van der Waals surface area contributed by atoms with Crippen molar-refractivity contribution < 1.29 is 14.3 Å². The van der Waals surface area contributed by atoms with Gasteiger partial charge in [-0.2, -0.15) is 0 Å². The van der Waals surface area contributed by atoms with Crippen LogP contribution in [0.2, 0.25) is 5.02 Å². The van der Waals surface area contributed by atoms with Crippen molar-refractivity contribution >= 4 is 35.0 Å². The molecule has 1 aromatic carbocycles. The van der Waals surface area contributed by atoms with Crippen molar-refractivity contribution in [2.24, 2.45) is 0 Å². The predicted molar refractivity (Wildman–Crippen MR) is 83.8 cm³/mol. The first-order valence-electron chi connectivity index (χ1n) is 6.41. The number of ether oxygens (including phenoxy) is 1. The van der Waals surface area contributed by atoms with Gasteiger partial charge in [0.15, 0.2) is 6.61 Å². The first kappa shape index (κ1) is 15.8. The van der Waals surface area contributed by atoms with Crippen LogP contribution in [-0.2, 0) is 9.53 Å². The van der Waals surface area contributed by atoms with E-state index in [1.54, 1.807) is 24.3 Å². The summed E-state index contributed by atoms with van der Waals surface area (Å²) in [5, 5.41) is 3.21. The molecule has 0 fully saturated rings. The van der Waals surface area contributed by atoms with Crippen LogP contribution in [0.1, 0.15) is 15.9 Å². The molecule has 7 heteroatoms. The molecule has 2 rings (SSSR count). The Balaban J connectivity index is 1.93. The molecule has 0 aliphatic heterocycles. The topological polar surface area (TPSA) is 94.3 Å². The maximum Gasteiger partial charge on any atom is 0.342 e. The van der Waals surface area contributed by atoms with Gasteiger partial charge in [0, 0.05) is 16.9 Å². The Morgan fingerprint density at radius 2 is 2.14 bits per heavy atom. The second-order valence-corrected chi connectivity index (χ2v) is 4.96. The molecule has 1 amide bonds. The van der Waals surface area contributed by atoms with Crippen LogP contribution in [0.15, 0.2) is 36.5 Å². The van der Waals surface area contributed by atoms with Gasteiger partial charge in [-0.3, -0.25) is 4.79 Å². The molecule has 0 atom stereocenters. The van der Waals surface area contributed by atoms with Crippen molar-refractivity contribution in [2.45, 2.75) is 6.92 Å². The van der Waals surface area contributed by atoms with E-state index in [2.05, 4.69) is 10.3 Å². The highest BCUT2D eigenvalue weighted by molar-refractivity contribution is 6.30. The van der Waals surface area contributed by atoms with Gasteiger partial charge in [-0.25, -0.2) is 9.78 Å². The minimum atomic E-state index is -0.700. The number of carbonyl (C=O) groups is 2. The molecule has 3 N–H and O–H groups in total. The lowest BCUT2D eigenvalue weighted by molar-refractivity contribution is -0.119. The number of nitrogen functional groups attached to an aromatic ring is 1. The normalized spacial score (nSPS) is 10.1. The van der Waals surface area contributed by atoms with Gasteiger partial charge in [0.25, 0.3) is 5.91 Å². The maximum atomic E-state index is 11.8. The van der Waals surface area contributed by atoms with Crippen molar-refractivity contribution in [3.05, 3.63) is 52.7 Å². The predicted octanol–water partition coefficient (Wildman–Crippen LogP) is 2.42. The fraction of sp³-hybridized carbons (Fsp3) is 0.133. The highest BCUT2D eigenvalue weighted by atomic mass is 35.5. The molecule has 0 unspecified atom stereocenters. The molecule has 2 aromatic rings. The highest BCUT2D eigenvalue weighted by Crippen LogP contribution is 2.19. The number of nitrogens with two attached hydrogens (primary N) is 1. The number of benzene rings is 1. The third-order valence-electron chi connectivity index (χ3n) is 2.86. The number of esters is 1. The Kier molecular flexibility index (Phi) is 4.95. The van der Waals surface area contributed by atoms with Gasteiger partial charge in [0.05, 0.1) is 0 Å². The van der Waals surface area contributed by atoms with E-state index in [0.717, 1.165) is 5.56 Å². The average molecular weight is 320 g/mol. The Morgan fingerprint density at radius 1 is 1.36 bits per heavy atom. The van der Waals surface area contributed by atoms with E-state index in [4.69, 9.17) is 22.1 Å². The lowest BCUT2D eigenvalue weighted by Crippen LogP contribution is -2.21. The number of amides is 1. The molecule has 0 spiro atoms. The lowest BCUT2D eigenvalue weighted by Gasteiger charge is -2.09. The molecule has 22 heavy (non-hydrogen) atoms. The molecule has 0 aliphatic carbocycles. The van der Waals surface area contributed by atoms with Gasteiger partial charge >= 0.3 is 5.97 Å². The smallest absolute Gasteiger partial charge is 0.342 e. The molecule has 0 aliphatic rings. The third kappa shape index (κ3) is 3.95. The second kappa shape index (κ2) is 6.91. The summed E-state index contributed by atoms with van der Waals surface area (Å²) in [6.45, 7) is 1.39. The van der Waals surface area contributed by atoms with E-state index in [-0.39, 0.29) is 11.4 Å². The molecule has 0 saturated carbocycles. The summed E-state index contributed by atoms with van der Waals surface area (Å²) in [7, 11) is 0. The molecule has 0 radical (unpaired) electrons. The minimum absolute atomic E-state index is 0.0569. The molecule has 114 valence electrons. The van der Waals surface area contributed by atoms with Gasteiger partial charge in [0.1, 0.15) is 11.4 Å². The second-order valence-electron chi connectivity index (χ2n) is 4.52. The van der Waals surface area contributed by atoms with Crippen LogP contribution in [0.4, 0.5) is 11.5 Å². The van der Waals surface area contributed by atoms with E-state index in [0.29, 0.717) is 10.7 Å². The standard InChI is InChI=1S/C15H14ClN3O3/c1-9-7-10(16)4-5-12(9)19-13(20)8-22-15(21)11-3-2-6-18-14(11)17/h2-7H,8H2,1H3,(H2,17,18)(H,19,20). The van der Waals surface area contributed by atoms with E-state index in [9.17, 15) is 9.59 Å².